The van der Waals surface area contributed by atoms with Gasteiger partial charge in [-0.3, -0.25) is 4.79 Å². The molecule has 1 amide bonds. The van der Waals surface area contributed by atoms with Crippen LogP contribution in [0.25, 0.3) is 0 Å². The lowest BCUT2D eigenvalue weighted by molar-refractivity contribution is -0.127. The largest absolute Gasteiger partial charge is 0.360 e. The molecular weight excluding hydrogens is 276 g/mol. The average molecular weight is 291 g/mol. The second-order valence-electron chi connectivity index (χ2n) is 4.36. The van der Waals surface area contributed by atoms with Gasteiger partial charge >= 0.3 is 0 Å². The van der Waals surface area contributed by atoms with Crippen molar-refractivity contribution in [2.45, 2.75) is 0 Å². The van der Waals surface area contributed by atoms with E-state index in [1.165, 1.54) is 6.20 Å². The molecular formula is C14H15ClN4O. The molecule has 0 spiro atoms. The maximum Gasteiger partial charge on any atom is 0.266 e. The number of carbonyl (C=O) groups is 1. The molecule has 5 nitrogen and oxygen atoms in total. The fraction of sp³-hybridized carbons (Fsp3) is 0.286. The van der Waals surface area contributed by atoms with Crippen LogP contribution in [0.4, 0.5) is 5.69 Å². The van der Waals surface area contributed by atoms with Crippen LogP contribution < -0.4 is 10.6 Å². The van der Waals surface area contributed by atoms with Gasteiger partial charge in [0, 0.05) is 43.1 Å². The number of halogens is 1. The van der Waals surface area contributed by atoms with Crippen LogP contribution in [0.5, 0.6) is 0 Å². The second-order valence-corrected chi connectivity index (χ2v) is 4.80. The van der Waals surface area contributed by atoms with Crippen molar-refractivity contribution in [2.75, 3.05) is 31.5 Å². The molecule has 0 radical (unpaired) electrons. The number of amides is 1. The van der Waals surface area contributed by atoms with Gasteiger partial charge in [-0.2, -0.15) is 5.26 Å². The number of carbonyl (C=O) groups excluding carboxylic acids is 1. The first-order valence-electron chi connectivity index (χ1n) is 6.33. The summed E-state index contributed by atoms with van der Waals surface area (Å²) in [5.74, 6) is -0.240. The van der Waals surface area contributed by atoms with E-state index < -0.39 is 0 Å². The molecule has 1 heterocycles. The van der Waals surface area contributed by atoms with E-state index in [-0.39, 0.29) is 11.5 Å². The molecule has 0 unspecified atom stereocenters. The summed E-state index contributed by atoms with van der Waals surface area (Å²) in [5.41, 5.74) is 0.872. The average Bonchev–Trinajstić information content (AvgIpc) is 2.50. The first-order chi connectivity index (χ1) is 9.70. The summed E-state index contributed by atoms with van der Waals surface area (Å²) in [5, 5.41) is 15.8. The number of benzene rings is 1. The minimum atomic E-state index is -0.240. The van der Waals surface area contributed by atoms with E-state index in [9.17, 15) is 4.79 Å². The molecule has 1 aromatic carbocycles. The predicted octanol–water partition coefficient (Wildman–Crippen LogP) is 1.59. The number of piperazine rings is 1. The van der Waals surface area contributed by atoms with E-state index in [1.54, 1.807) is 29.2 Å². The third kappa shape index (κ3) is 3.73. The molecule has 1 aliphatic rings. The highest BCUT2D eigenvalue weighted by Crippen LogP contribution is 2.14. The number of anilines is 1. The number of nitriles is 1. The highest BCUT2D eigenvalue weighted by molar-refractivity contribution is 6.30. The molecule has 0 bridgehead atoms. The molecule has 0 atom stereocenters. The van der Waals surface area contributed by atoms with Crippen molar-refractivity contribution in [1.29, 1.82) is 5.26 Å². The lowest BCUT2D eigenvalue weighted by Gasteiger charge is -2.27. The third-order valence-electron chi connectivity index (χ3n) is 2.98. The number of rotatable bonds is 3. The number of nitrogens with one attached hydrogen (secondary N) is 2. The van der Waals surface area contributed by atoms with Gasteiger partial charge in [0.1, 0.15) is 11.6 Å². The normalized spacial score (nSPS) is 15.6. The Kier molecular flexibility index (Phi) is 4.99. The van der Waals surface area contributed by atoms with Gasteiger partial charge in [0.2, 0.25) is 0 Å². The fourth-order valence-corrected chi connectivity index (χ4v) is 2.01. The summed E-state index contributed by atoms with van der Waals surface area (Å²) in [6, 6.07) is 8.98. The highest BCUT2D eigenvalue weighted by atomic mass is 35.5. The van der Waals surface area contributed by atoms with E-state index in [0.717, 1.165) is 18.8 Å². The predicted molar refractivity (Wildman–Crippen MR) is 78.2 cm³/mol. The molecule has 20 heavy (non-hydrogen) atoms. The van der Waals surface area contributed by atoms with Crippen molar-refractivity contribution in [3.05, 3.63) is 41.1 Å². The zero-order valence-corrected chi connectivity index (χ0v) is 11.7. The molecule has 1 saturated heterocycles. The monoisotopic (exact) mass is 290 g/mol. The van der Waals surface area contributed by atoms with E-state index in [1.807, 2.05) is 6.07 Å². The quantitative estimate of drug-likeness (QED) is 0.655. The fourth-order valence-electron chi connectivity index (χ4n) is 1.88. The highest BCUT2D eigenvalue weighted by Gasteiger charge is 2.19. The van der Waals surface area contributed by atoms with Crippen LogP contribution in [-0.2, 0) is 4.79 Å². The SMILES string of the molecule is N#C/C(=C/Nc1ccc(Cl)cc1)C(=O)N1CCNCC1. The van der Waals surface area contributed by atoms with Gasteiger partial charge in [-0.1, -0.05) is 11.6 Å². The van der Waals surface area contributed by atoms with Gasteiger partial charge < -0.3 is 15.5 Å². The van der Waals surface area contributed by atoms with E-state index in [4.69, 9.17) is 16.9 Å². The molecule has 0 aromatic heterocycles. The van der Waals surface area contributed by atoms with Gasteiger partial charge in [-0.15, -0.1) is 0 Å². The first-order valence-corrected chi connectivity index (χ1v) is 6.71. The Balaban J connectivity index is 2.03. The Morgan fingerprint density at radius 3 is 2.60 bits per heavy atom. The lowest BCUT2D eigenvalue weighted by Crippen LogP contribution is -2.46. The second kappa shape index (κ2) is 6.94. The van der Waals surface area contributed by atoms with Crippen molar-refractivity contribution in [1.82, 2.24) is 10.2 Å². The van der Waals surface area contributed by atoms with E-state index >= 15 is 0 Å². The molecule has 0 aliphatic carbocycles. The van der Waals surface area contributed by atoms with Crippen LogP contribution >= 0.6 is 11.6 Å². The van der Waals surface area contributed by atoms with Crippen molar-refractivity contribution < 1.29 is 4.79 Å². The van der Waals surface area contributed by atoms with Crippen molar-refractivity contribution >= 4 is 23.2 Å². The number of hydrogen-bond donors (Lipinski definition) is 2. The topological polar surface area (TPSA) is 68.2 Å². The van der Waals surface area contributed by atoms with Crippen LogP contribution in [0.3, 0.4) is 0 Å². The summed E-state index contributed by atoms with van der Waals surface area (Å²) in [6.07, 6.45) is 1.44. The zero-order valence-electron chi connectivity index (χ0n) is 10.9. The maximum absolute atomic E-state index is 12.2. The van der Waals surface area contributed by atoms with Crippen LogP contribution in [0, 0.1) is 11.3 Å². The number of hydrogen-bond acceptors (Lipinski definition) is 4. The molecule has 2 rings (SSSR count). The minimum Gasteiger partial charge on any atom is -0.360 e. The Hall–Kier alpha value is -2.03. The lowest BCUT2D eigenvalue weighted by atomic mass is 10.2. The van der Waals surface area contributed by atoms with Crippen molar-refractivity contribution in [3.8, 4) is 6.07 Å². The molecule has 104 valence electrons. The third-order valence-corrected chi connectivity index (χ3v) is 3.23. The van der Waals surface area contributed by atoms with E-state index in [2.05, 4.69) is 10.6 Å². The number of nitrogens with zero attached hydrogens (tertiary/aromatic N) is 2. The van der Waals surface area contributed by atoms with Crippen molar-refractivity contribution in [2.24, 2.45) is 0 Å². The Morgan fingerprint density at radius 1 is 1.35 bits per heavy atom. The standard InChI is InChI=1S/C14H15ClN4O/c15-12-1-3-13(4-2-12)18-10-11(9-16)14(20)19-7-5-17-6-8-19/h1-4,10,17-18H,5-8H2/b11-10-. The van der Waals surface area contributed by atoms with Gasteiger partial charge in [0.05, 0.1) is 0 Å². The Bertz CT molecular complexity index is 541. The smallest absolute Gasteiger partial charge is 0.266 e. The molecule has 0 saturated carbocycles. The molecule has 6 heteroatoms. The first kappa shape index (κ1) is 14.4. The van der Waals surface area contributed by atoms with Crippen LogP contribution in [0.2, 0.25) is 5.02 Å². The molecule has 1 fully saturated rings. The minimum absolute atomic E-state index is 0.0989. The summed E-state index contributed by atoms with van der Waals surface area (Å²) in [6.45, 7) is 2.77. The Labute approximate surface area is 122 Å². The summed E-state index contributed by atoms with van der Waals surface area (Å²) >= 11 is 5.79. The molecule has 1 aliphatic heterocycles. The van der Waals surface area contributed by atoms with Gasteiger partial charge in [-0.05, 0) is 24.3 Å². The molecule has 2 N–H and O–H groups in total. The van der Waals surface area contributed by atoms with Gasteiger partial charge in [0.15, 0.2) is 0 Å². The van der Waals surface area contributed by atoms with Crippen LogP contribution in [0.1, 0.15) is 0 Å². The van der Waals surface area contributed by atoms with Crippen LogP contribution in [0.15, 0.2) is 36.0 Å². The zero-order chi connectivity index (χ0) is 14.4. The van der Waals surface area contributed by atoms with Crippen molar-refractivity contribution in [3.63, 3.8) is 0 Å². The Morgan fingerprint density at radius 2 is 2.00 bits per heavy atom. The van der Waals surface area contributed by atoms with E-state index in [0.29, 0.717) is 18.1 Å². The summed E-state index contributed by atoms with van der Waals surface area (Å²) < 4.78 is 0. The summed E-state index contributed by atoms with van der Waals surface area (Å²) in [7, 11) is 0. The van der Waals surface area contributed by atoms with Gasteiger partial charge in [0.25, 0.3) is 5.91 Å². The molecule has 1 aromatic rings. The van der Waals surface area contributed by atoms with Crippen LogP contribution in [-0.4, -0.2) is 37.0 Å². The summed E-state index contributed by atoms with van der Waals surface area (Å²) in [4.78, 5) is 13.8. The van der Waals surface area contributed by atoms with Gasteiger partial charge in [-0.25, -0.2) is 0 Å². The maximum atomic E-state index is 12.2.